The van der Waals surface area contributed by atoms with E-state index < -0.39 is 0 Å². The minimum absolute atomic E-state index is 0.656. The maximum atomic E-state index is 6.12. The van der Waals surface area contributed by atoms with Crippen molar-refractivity contribution < 1.29 is 9.47 Å². The second-order valence-electron chi connectivity index (χ2n) is 10.9. The van der Waals surface area contributed by atoms with Gasteiger partial charge in [-0.3, -0.25) is 0 Å². The quantitative estimate of drug-likeness (QED) is 0.137. The van der Waals surface area contributed by atoms with Gasteiger partial charge in [0.05, 0.1) is 13.2 Å². The maximum Gasteiger partial charge on any atom is 0.0722 e. The minimum atomic E-state index is 0.656. The molecule has 0 atom stereocenters. The van der Waals surface area contributed by atoms with E-state index in [1.807, 2.05) is 0 Å². The molecule has 4 nitrogen and oxygen atoms in total. The number of benzene rings is 2. The SMILES string of the molecule is CCCCCN(C)CCCCOCc1ccccc1-c1ccccc1COCCCCN(C)CCCCC. The first-order chi connectivity index (χ1) is 18.7. The summed E-state index contributed by atoms with van der Waals surface area (Å²) in [6.45, 7) is 12.2. The summed E-state index contributed by atoms with van der Waals surface area (Å²) >= 11 is 0. The van der Waals surface area contributed by atoms with E-state index in [0.717, 1.165) is 39.1 Å². The second-order valence-corrected chi connectivity index (χ2v) is 10.9. The number of nitrogens with zero attached hydrogens (tertiary/aromatic N) is 2. The highest BCUT2D eigenvalue weighted by Crippen LogP contribution is 2.28. The Labute approximate surface area is 234 Å². The predicted octanol–water partition coefficient (Wildman–Crippen LogP) is 8.19. The average molecular weight is 525 g/mol. The van der Waals surface area contributed by atoms with Crippen molar-refractivity contribution in [2.75, 3.05) is 53.5 Å². The zero-order chi connectivity index (χ0) is 27.3. The fourth-order valence-corrected chi connectivity index (χ4v) is 4.84. The first-order valence-electron chi connectivity index (χ1n) is 15.3. The van der Waals surface area contributed by atoms with Crippen molar-refractivity contribution in [3.8, 4) is 11.1 Å². The van der Waals surface area contributed by atoms with Gasteiger partial charge in [0, 0.05) is 13.2 Å². The van der Waals surface area contributed by atoms with E-state index in [9.17, 15) is 0 Å². The molecule has 214 valence electrons. The molecule has 0 unspecified atom stereocenters. The lowest BCUT2D eigenvalue weighted by Crippen LogP contribution is -2.21. The van der Waals surface area contributed by atoms with Gasteiger partial charge in [-0.15, -0.1) is 0 Å². The zero-order valence-corrected chi connectivity index (χ0v) is 25.1. The van der Waals surface area contributed by atoms with Crippen LogP contribution in [0.5, 0.6) is 0 Å². The molecule has 0 spiro atoms. The first kappa shape index (κ1) is 32.5. The van der Waals surface area contributed by atoms with Gasteiger partial charge in [-0.25, -0.2) is 0 Å². The van der Waals surface area contributed by atoms with E-state index >= 15 is 0 Å². The van der Waals surface area contributed by atoms with E-state index in [0.29, 0.717) is 13.2 Å². The highest BCUT2D eigenvalue weighted by molar-refractivity contribution is 5.70. The summed E-state index contributed by atoms with van der Waals surface area (Å²) in [5, 5.41) is 0. The van der Waals surface area contributed by atoms with Crippen molar-refractivity contribution in [2.24, 2.45) is 0 Å². The largest absolute Gasteiger partial charge is 0.377 e. The molecule has 2 aromatic rings. The molecule has 4 heteroatoms. The molecule has 0 aromatic heterocycles. The molecular formula is C34H56N2O2. The van der Waals surface area contributed by atoms with Crippen molar-refractivity contribution in [3.63, 3.8) is 0 Å². The first-order valence-corrected chi connectivity index (χ1v) is 15.3. The van der Waals surface area contributed by atoms with E-state index in [1.54, 1.807) is 0 Å². The van der Waals surface area contributed by atoms with Crippen LogP contribution in [0.2, 0.25) is 0 Å². The van der Waals surface area contributed by atoms with Crippen LogP contribution in [0.4, 0.5) is 0 Å². The smallest absolute Gasteiger partial charge is 0.0722 e. The van der Waals surface area contributed by atoms with E-state index in [-0.39, 0.29) is 0 Å². The van der Waals surface area contributed by atoms with Gasteiger partial charge in [0.25, 0.3) is 0 Å². The molecule has 0 aliphatic heterocycles. The van der Waals surface area contributed by atoms with Crippen LogP contribution in [-0.4, -0.2) is 63.3 Å². The summed E-state index contributed by atoms with van der Waals surface area (Å²) in [5.74, 6) is 0. The highest BCUT2D eigenvalue weighted by atomic mass is 16.5. The Hall–Kier alpha value is -1.72. The molecule has 0 radical (unpaired) electrons. The van der Waals surface area contributed by atoms with Gasteiger partial charge in [-0.05, 0) is 101 Å². The van der Waals surface area contributed by atoms with Gasteiger partial charge in [-0.2, -0.15) is 0 Å². The van der Waals surface area contributed by atoms with Gasteiger partial charge >= 0.3 is 0 Å². The standard InChI is InChI=1S/C34H56N2O2/c1-5-7-13-23-35(3)25-15-17-27-37-29-31-19-9-11-21-33(31)34-22-12-10-20-32(34)30-38-28-18-16-26-36(4)24-14-8-6-2/h9-12,19-22H,5-8,13-18,23-30H2,1-4H3. The fraction of sp³-hybridized carbons (Fsp3) is 0.647. The Morgan fingerprint density at radius 3 is 1.26 bits per heavy atom. The van der Waals surface area contributed by atoms with Crippen LogP contribution in [0, 0.1) is 0 Å². The Balaban J connectivity index is 1.74. The lowest BCUT2D eigenvalue weighted by atomic mass is 9.96. The summed E-state index contributed by atoms with van der Waals surface area (Å²) in [4.78, 5) is 4.91. The normalized spacial score (nSPS) is 11.6. The minimum Gasteiger partial charge on any atom is -0.377 e. The van der Waals surface area contributed by atoms with E-state index in [4.69, 9.17) is 9.47 Å². The third-order valence-electron chi connectivity index (χ3n) is 7.28. The molecule has 2 aromatic carbocycles. The lowest BCUT2D eigenvalue weighted by Gasteiger charge is -2.17. The number of hydrogen-bond donors (Lipinski definition) is 0. The van der Waals surface area contributed by atoms with Gasteiger partial charge in [0.15, 0.2) is 0 Å². The fourth-order valence-electron chi connectivity index (χ4n) is 4.84. The van der Waals surface area contributed by atoms with Gasteiger partial charge < -0.3 is 19.3 Å². The zero-order valence-electron chi connectivity index (χ0n) is 25.1. The third-order valence-corrected chi connectivity index (χ3v) is 7.28. The molecule has 0 bridgehead atoms. The van der Waals surface area contributed by atoms with Crippen LogP contribution in [0.3, 0.4) is 0 Å². The predicted molar refractivity (Wildman–Crippen MR) is 164 cm³/mol. The molecule has 0 aliphatic rings. The van der Waals surface area contributed by atoms with Crippen LogP contribution in [0.15, 0.2) is 48.5 Å². The molecule has 0 saturated heterocycles. The number of unbranched alkanes of at least 4 members (excludes halogenated alkanes) is 6. The average Bonchev–Trinajstić information content (AvgIpc) is 2.93. The molecule has 0 heterocycles. The van der Waals surface area contributed by atoms with E-state index in [1.165, 1.54) is 86.7 Å². The monoisotopic (exact) mass is 524 g/mol. The Kier molecular flexibility index (Phi) is 18.1. The van der Waals surface area contributed by atoms with Crippen LogP contribution < -0.4 is 0 Å². The molecule has 0 amide bonds. The molecule has 0 aliphatic carbocycles. The van der Waals surface area contributed by atoms with E-state index in [2.05, 4.69) is 86.3 Å². The van der Waals surface area contributed by atoms with Gasteiger partial charge in [0.1, 0.15) is 0 Å². The van der Waals surface area contributed by atoms with Crippen LogP contribution in [0.25, 0.3) is 11.1 Å². The van der Waals surface area contributed by atoms with Gasteiger partial charge in [-0.1, -0.05) is 88.1 Å². The van der Waals surface area contributed by atoms with Crippen molar-refractivity contribution in [2.45, 2.75) is 91.3 Å². The Morgan fingerprint density at radius 1 is 0.500 bits per heavy atom. The van der Waals surface area contributed by atoms with Crippen molar-refractivity contribution >= 4 is 0 Å². The Bertz CT molecular complexity index is 771. The number of hydrogen-bond acceptors (Lipinski definition) is 4. The summed E-state index contributed by atoms with van der Waals surface area (Å²) in [6, 6.07) is 17.3. The van der Waals surface area contributed by atoms with Crippen molar-refractivity contribution in [1.29, 1.82) is 0 Å². The summed E-state index contributed by atoms with van der Waals surface area (Å²) in [7, 11) is 4.48. The molecule has 0 saturated carbocycles. The number of rotatable bonds is 23. The highest BCUT2D eigenvalue weighted by Gasteiger charge is 2.10. The summed E-state index contributed by atoms with van der Waals surface area (Å²) in [6.07, 6.45) is 12.5. The second kappa shape index (κ2) is 21.1. The molecule has 38 heavy (non-hydrogen) atoms. The van der Waals surface area contributed by atoms with Crippen LogP contribution in [0.1, 0.15) is 89.2 Å². The van der Waals surface area contributed by atoms with Crippen molar-refractivity contribution in [3.05, 3.63) is 59.7 Å². The third kappa shape index (κ3) is 13.9. The molecule has 2 rings (SSSR count). The van der Waals surface area contributed by atoms with Crippen LogP contribution >= 0.6 is 0 Å². The Morgan fingerprint density at radius 2 is 0.868 bits per heavy atom. The lowest BCUT2D eigenvalue weighted by molar-refractivity contribution is 0.114. The summed E-state index contributed by atoms with van der Waals surface area (Å²) in [5.41, 5.74) is 5.03. The molecule has 0 N–H and O–H groups in total. The molecular weight excluding hydrogens is 468 g/mol. The van der Waals surface area contributed by atoms with Gasteiger partial charge in [0.2, 0.25) is 0 Å². The maximum absolute atomic E-state index is 6.12. The summed E-state index contributed by atoms with van der Waals surface area (Å²) < 4.78 is 12.2. The van der Waals surface area contributed by atoms with Crippen molar-refractivity contribution in [1.82, 2.24) is 9.80 Å². The topological polar surface area (TPSA) is 24.9 Å². The number of ether oxygens (including phenoxy) is 2. The van der Waals surface area contributed by atoms with Crippen LogP contribution in [-0.2, 0) is 22.7 Å². The molecule has 0 fully saturated rings.